The van der Waals surface area contributed by atoms with Crippen LogP contribution < -0.4 is 0 Å². The van der Waals surface area contributed by atoms with Crippen LogP contribution in [0.4, 0.5) is 0 Å². The predicted octanol–water partition coefficient (Wildman–Crippen LogP) is 2.99. The Morgan fingerprint density at radius 3 is 2.61 bits per heavy atom. The SMILES string of the molecule is Cc1nc(SCC(=O)N(C2CCCC2)[C@@H]2CCS(=O)(=O)C2)c2ccccc2n1. The smallest absolute Gasteiger partial charge is 0.233 e. The summed E-state index contributed by atoms with van der Waals surface area (Å²) in [5.74, 6) is 1.28. The Balaban J connectivity index is 1.54. The predicted molar refractivity (Wildman–Crippen MR) is 111 cm³/mol. The molecule has 2 aliphatic rings. The van der Waals surface area contributed by atoms with Crippen LogP contribution in [0.25, 0.3) is 10.9 Å². The topological polar surface area (TPSA) is 80.2 Å². The number of aryl methyl sites for hydroxylation is 1. The molecule has 0 unspecified atom stereocenters. The summed E-state index contributed by atoms with van der Waals surface area (Å²) in [6, 6.07) is 7.81. The lowest BCUT2D eigenvalue weighted by Crippen LogP contribution is -2.47. The molecule has 6 nitrogen and oxygen atoms in total. The first-order valence-corrected chi connectivity index (χ1v) is 12.6. The van der Waals surface area contributed by atoms with Gasteiger partial charge in [-0.2, -0.15) is 0 Å². The summed E-state index contributed by atoms with van der Waals surface area (Å²) >= 11 is 1.43. The summed E-state index contributed by atoms with van der Waals surface area (Å²) in [4.78, 5) is 24.1. The molecule has 1 amide bonds. The Hall–Kier alpha value is -1.67. The quantitative estimate of drug-likeness (QED) is 0.547. The maximum atomic E-state index is 13.2. The molecule has 2 fully saturated rings. The highest BCUT2D eigenvalue weighted by atomic mass is 32.2. The van der Waals surface area contributed by atoms with Crippen molar-refractivity contribution in [2.75, 3.05) is 17.3 Å². The molecular weight excluding hydrogens is 394 g/mol. The third-order valence-corrected chi connectivity index (χ3v) is 8.35. The van der Waals surface area contributed by atoms with Crippen molar-refractivity contribution in [1.29, 1.82) is 0 Å². The van der Waals surface area contributed by atoms with E-state index in [1.165, 1.54) is 11.8 Å². The highest BCUT2D eigenvalue weighted by molar-refractivity contribution is 8.00. The van der Waals surface area contributed by atoms with Gasteiger partial charge in [0.15, 0.2) is 9.84 Å². The van der Waals surface area contributed by atoms with Gasteiger partial charge in [0.05, 0.1) is 22.8 Å². The molecule has 1 saturated heterocycles. The summed E-state index contributed by atoms with van der Waals surface area (Å²) in [6.07, 6.45) is 4.73. The van der Waals surface area contributed by atoms with Crippen molar-refractivity contribution in [1.82, 2.24) is 14.9 Å². The van der Waals surface area contributed by atoms with Gasteiger partial charge in [0.2, 0.25) is 5.91 Å². The Labute approximate surface area is 170 Å². The first-order valence-electron chi connectivity index (χ1n) is 9.81. The minimum atomic E-state index is -3.03. The number of rotatable bonds is 5. The molecule has 4 rings (SSSR count). The molecule has 1 aromatic carbocycles. The van der Waals surface area contributed by atoms with Crippen LogP contribution >= 0.6 is 11.8 Å². The Bertz CT molecular complexity index is 987. The molecule has 8 heteroatoms. The van der Waals surface area contributed by atoms with Crippen molar-refractivity contribution in [2.24, 2.45) is 0 Å². The monoisotopic (exact) mass is 419 g/mol. The van der Waals surface area contributed by atoms with E-state index in [1.54, 1.807) is 0 Å². The number of benzene rings is 1. The Kier molecular flexibility index (Phi) is 5.60. The average molecular weight is 420 g/mol. The number of hydrogen-bond donors (Lipinski definition) is 0. The van der Waals surface area contributed by atoms with E-state index in [-0.39, 0.29) is 35.2 Å². The van der Waals surface area contributed by atoms with Gasteiger partial charge >= 0.3 is 0 Å². The van der Waals surface area contributed by atoms with E-state index in [1.807, 2.05) is 36.1 Å². The molecular formula is C20H25N3O3S2. The summed E-state index contributed by atoms with van der Waals surface area (Å²) in [6.45, 7) is 1.85. The van der Waals surface area contributed by atoms with E-state index >= 15 is 0 Å². The number of nitrogens with zero attached hydrogens (tertiary/aromatic N) is 3. The minimum Gasteiger partial charge on any atom is -0.335 e. The molecule has 0 spiro atoms. The third-order valence-electron chi connectivity index (χ3n) is 5.62. The van der Waals surface area contributed by atoms with E-state index < -0.39 is 9.84 Å². The molecule has 1 aliphatic heterocycles. The minimum absolute atomic E-state index is 0.0272. The molecule has 28 heavy (non-hydrogen) atoms. The van der Waals surface area contributed by atoms with Crippen LogP contribution in [-0.4, -0.2) is 58.5 Å². The van der Waals surface area contributed by atoms with Gasteiger partial charge in [0.1, 0.15) is 10.9 Å². The van der Waals surface area contributed by atoms with Crippen LogP contribution in [0, 0.1) is 6.92 Å². The second-order valence-electron chi connectivity index (χ2n) is 7.68. The third kappa shape index (κ3) is 4.17. The van der Waals surface area contributed by atoms with Crippen LogP contribution in [0.2, 0.25) is 0 Å². The van der Waals surface area contributed by atoms with Crippen molar-refractivity contribution in [3.63, 3.8) is 0 Å². The van der Waals surface area contributed by atoms with E-state index in [2.05, 4.69) is 9.97 Å². The molecule has 0 radical (unpaired) electrons. The highest BCUT2D eigenvalue weighted by Crippen LogP contribution is 2.31. The molecule has 1 atom stereocenters. The zero-order valence-electron chi connectivity index (χ0n) is 16.0. The first kappa shape index (κ1) is 19.6. The number of fused-ring (bicyclic) bond motifs is 1. The van der Waals surface area contributed by atoms with E-state index in [9.17, 15) is 13.2 Å². The molecule has 2 heterocycles. The van der Waals surface area contributed by atoms with Gasteiger partial charge in [-0.25, -0.2) is 18.4 Å². The van der Waals surface area contributed by atoms with Crippen LogP contribution in [0.15, 0.2) is 29.3 Å². The van der Waals surface area contributed by atoms with E-state index in [0.29, 0.717) is 12.2 Å². The van der Waals surface area contributed by atoms with Gasteiger partial charge in [0.25, 0.3) is 0 Å². The van der Waals surface area contributed by atoms with Gasteiger partial charge in [-0.1, -0.05) is 42.8 Å². The summed E-state index contributed by atoms with van der Waals surface area (Å²) < 4.78 is 24.0. The zero-order valence-corrected chi connectivity index (χ0v) is 17.6. The van der Waals surface area contributed by atoms with E-state index in [4.69, 9.17) is 0 Å². The number of carbonyl (C=O) groups is 1. The fourth-order valence-electron chi connectivity index (χ4n) is 4.36. The van der Waals surface area contributed by atoms with Gasteiger partial charge < -0.3 is 4.90 Å². The van der Waals surface area contributed by atoms with Crippen molar-refractivity contribution >= 4 is 38.4 Å². The van der Waals surface area contributed by atoms with Crippen LogP contribution in [0.1, 0.15) is 37.9 Å². The number of amides is 1. The zero-order chi connectivity index (χ0) is 19.7. The van der Waals surface area contributed by atoms with Gasteiger partial charge in [0, 0.05) is 17.5 Å². The largest absolute Gasteiger partial charge is 0.335 e. The molecule has 2 aromatic rings. The molecule has 0 bridgehead atoms. The molecule has 1 aromatic heterocycles. The summed E-state index contributed by atoms with van der Waals surface area (Å²) in [7, 11) is -3.03. The van der Waals surface area contributed by atoms with Crippen molar-refractivity contribution in [3.8, 4) is 0 Å². The summed E-state index contributed by atoms with van der Waals surface area (Å²) in [5.41, 5.74) is 0.875. The lowest BCUT2D eigenvalue weighted by atomic mass is 10.1. The maximum Gasteiger partial charge on any atom is 0.233 e. The highest BCUT2D eigenvalue weighted by Gasteiger charge is 2.38. The normalized spacial score (nSPS) is 22.0. The molecule has 150 valence electrons. The van der Waals surface area contributed by atoms with E-state index in [0.717, 1.165) is 41.6 Å². The molecule has 1 aliphatic carbocycles. The number of sulfone groups is 1. The molecule has 1 saturated carbocycles. The summed E-state index contributed by atoms with van der Waals surface area (Å²) in [5, 5.41) is 1.75. The van der Waals surface area contributed by atoms with Gasteiger partial charge in [-0.3, -0.25) is 4.79 Å². The number of thioether (sulfide) groups is 1. The Morgan fingerprint density at radius 1 is 1.14 bits per heavy atom. The van der Waals surface area contributed by atoms with Crippen LogP contribution in [0.5, 0.6) is 0 Å². The molecule has 0 N–H and O–H groups in total. The number of para-hydroxylation sites is 1. The standard InChI is InChI=1S/C20H25N3O3S2/c1-14-21-18-9-5-4-8-17(18)20(22-14)27-12-19(24)23(15-6-2-3-7-15)16-10-11-28(25,26)13-16/h4-5,8-9,15-16H,2-3,6-7,10-13H2,1H3/t16-/m1/s1. The second-order valence-corrected chi connectivity index (χ2v) is 10.9. The number of aromatic nitrogens is 2. The fourth-order valence-corrected chi connectivity index (χ4v) is 7.00. The van der Waals surface area contributed by atoms with Crippen molar-refractivity contribution < 1.29 is 13.2 Å². The maximum absolute atomic E-state index is 13.2. The van der Waals surface area contributed by atoms with Crippen LogP contribution in [-0.2, 0) is 14.6 Å². The lowest BCUT2D eigenvalue weighted by molar-refractivity contribution is -0.132. The Morgan fingerprint density at radius 2 is 1.89 bits per heavy atom. The number of carbonyl (C=O) groups excluding carboxylic acids is 1. The van der Waals surface area contributed by atoms with Gasteiger partial charge in [-0.05, 0) is 32.3 Å². The number of hydrogen-bond acceptors (Lipinski definition) is 6. The first-order chi connectivity index (χ1) is 13.4. The second kappa shape index (κ2) is 7.99. The fraction of sp³-hybridized carbons (Fsp3) is 0.550. The lowest BCUT2D eigenvalue weighted by Gasteiger charge is -2.34. The van der Waals surface area contributed by atoms with Crippen molar-refractivity contribution in [3.05, 3.63) is 30.1 Å². The average Bonchev–Trinajstić information content (AvgIpc) is 3.30. The van der Waals surface area contributed by atoms with Gasteiger partial charge in [-0.15, -0.1) is 0 Å². The van der Waals surface area contributed by atoms with Crippen molar-refractivity contribution in [2.45, 2.75) is 56.1 Å². The van der Waals surface area contributed by atoms with Crippen LogP contribution in [0.3, 0.4) is 0 Å².